The van der Waals surface area contributed by atoms with E-state index in [2.05, 4.69) is 10.3 Å². The number of carbonyl (C=O) groups is 1. The number of nitrogens with zero attached hydrogens (tertiary/aromatic N) is 1. The Labute approximate surface area is 154 Å². The van der Waals surface area contributed by atoms with Crippen LogP contribution in [0.15, 0.2) is 58.1 Å². The molecule has 0 aliphatic carbocycles. The lowest BCUT2D eigenvalue weighted by Gasteiger charge is -2.11. The number of aromatic nitrogens is 2. The summed E-state index contributed by atoms with van der Waals surface area (Å²) >= 11 is 0. The maximum Gasteiger partial charge on any atom is 0.329 e. The van der Waals surface area contributed by atoms with Gasteiger partial charge in [-0.3, -0.25) is 19.1 Å². The van der Waals surface area contributed by atoms with Gasteiger partial charge in [-0.25, -0.2) is 4.79 Å². The van der Waals surface area contributed by atoms with Gasteiger partial charge >= 0.3 is 5.69 Å². The number of benzene rings is 2. The van der Waals surface area contributed by atoms with Crippen LogP contribution in [0.2, 0.25) is 0 Å². The molecular weight excluding hydrogens is 350 g/mol. The Morgan fingerprint density at radius 3 is 2.56 bits per heavy atom. The van der Waals surface area contributed by atoms with E-state index in [0.717, 1.165) is 0 Å². The van der Waals surface area contributed by atoms with Crippen LogP contribution in [0.25, 0.3) is 10.9 Å². The molecule has 0 aliphatic heterocycles. The number of carbonyl (C=O) groups excluding carboxylic acids is 1. The first-order valence-corrected chi connectivity index (χ1v) is 8.32. The zero-order valence-corrected chi connectivity index (χ0v) is 14.7. The van der Waals surface area contributed by atoms with Crippen molar-refractivity contribution < 1.29 is 14.3 Å². The van der Waals surface area contributed by atoms with Crippen LogP contribution in [-0.2, 0) is 16.1 Å². The summed E-state index contributed by atoms with van der Waals surface area (Å²) in [5, 5.41) is 3.07. The van der Waals surface area contributed by atoms with Gasteiger partial charge in [-0.1, -0.05) is 12.1 Å². The van der Waals surface area contributed by atoms with Crippen molar-refractivity contribution in [3.63, 3.8) is 0 Å². The van der Waals surface area contributed by atoms with Crippen LogP contribution in [-0.4, -0.2) is 35.8 Å². The number of hydrogen-bond acceptors (Lipinski definition) is 5. The molecule has 2 aromatic carbocycles. The predicted molar refractivity (Wildman–Crippen MR) is 101 cm³/mol. The van der Waals surface area contributed by atoms with Crippen molar-refractivity contribution in [3.8, 4) is 5.75 Å². The summed E-state index contributed by atoms with van der Waals surface area (Å²) in [5.41, 5.74) is -0.128. The van der Waals surface area contributed by atoms with E-state index in [1.807, 2.05) is 0 Å². The lowest BCUT2D eigenvalue weighted by atomic mass is 10.2. The van der Waals surface area contributed by atoms with Crippen molar-refractivity contribution in [2.45, 2.75) is 6.54 Å². The van der Waals surface area contributed by atoms with Crippen LogP contribution < -0.4 is 21.3 Å². The van der Waals surface area contributed by atoms with Gasteiger partial charge in [-0.05, 0) is 36.4 Å². The van der Waals surface area contributed by atoms with Gasteiger partial charge in [0.15, 0.2) is 0 Å². The van der Waals surface area contributed by atoms with E-state index in [0.29, 0.717) is 35.6 Å². The molecule has 8 heteroatoms. The molecule has 0 fully saturated rings. The number of anilines is 1. The van der Waals surface area contributed by atoms with Crippen LogP contribution in [0, 0.1) is 0 Å². The highest BCUT2D eigenvalue weighted by atomic mass is 16.5. The summed E-state index contributed by atoms with van der Waals surface area (Å²) in [5.74, 6) is 0.273. The number of H-pyrrole nitrogens is 1. The number of nitrogens with one attached hydrogen (secondary N) is 2. The molecule has 3 aromatic rings. The largest absolute Gasteiger partial charge is 0.491 e. The molecule has 3 rings (SSSR count). The minimum Gasteiger partial charge on any atom is -0.491 e. The fourth-order valence-electron chi connectivity index (χ4n) is 2.62. The first-order chi connectivity index (χ1) is 13.1. The topological polar surface area (TPSA) is 102 Å². The number of para-hydroxylation sites is 1. The Morgan fingerprint density at radius 2 is 1.81 bits per heavy atom. The molecule has 0 saturated heterocycles. The van der Waals surface area contributed by atoms with Crippen molar-refractivity contribution in [1.29, 1.82) is 0 Å². The molecule has 8 nitrogen and oxygen atoms in total. The molecule has 2 N–H and O–H groups in total. The lowest BCUT2D eigenvalue weighted by Crippen LogP contribution is -2.33. The van der Waals surface area contributed by atoms with Crippen LogP contribution >= 0.6 is 0 Å². The van der Waals surface area contributed by atoms with Crippen molar-refractivity contribution in [3.05, 3.63) is 69.4 Å². The second-order valence-electron chi connectivity index (χ2n) is 5.78. The first kappa shape index (κ1) is 18.4. The minimum absolute atomic E-state index is 0.220. The van der Waals surface area contributed by atoms with E-state index in [4.69, 9.17) is 9.47 Å². The molecule has 0 spiro atoms. The normalized spacial score (nSPS) is 10.7. The molecule has 1 amide bonds. The fourth-order valence-corrected chi connectivity index (χ4v) is 2.62. The highest BCUT2D eigenvalue weighted by molar-refractivity contribution is 5.91. The number of rotatable bonds is 7. The highest BCUT2D eigenvalue weighted by Gasteiger charge is 2.11. The van der Waals surface area contributed by atoms with Crippen molar-refractivity contribution >= 4 is 22.5 Å². The summed E-state index contributed by atoms with van der Waals surface area (Å²) in [6, 6.07) is 13.5. The number of amides is 1. The molecule has 0 saturated carbocycles. The summed E-state index contributed by atoms with van der Waals surface area (Å²) in [6.07, 6.45) is 0. The third-order valence-corrected chi connectivity index (χ3v) is 3.90. The van der Waals surface area contributed by atoms with Gasteiger partial charge in [-0.15, -0.1) is 0 Å². The molecule has 0 atom stereocenters. The summed E-state index contributed by atoms with van der Waals surface area (Å²) < 4.78 is 11.6. The fraction of sp³-hybridized carbons (Fsp3) is 0.211. The number of ether oxygens (including phenoxy) is 2. The van der Waals surface area contributed by atoms with E-state index in [1.54, 1.807) is 55.6 Å². The average molecular weight is 369 g/mol. The number of hydrogen-bond donors (Lipinski definition) is 2. The Kier molecular flexibility index (Phi) is 5.68. The lowest BCUT2D eigenvalue weighted by molar-refractivity contribution is -0.116. The molecule has 0 radical (unpaired) electrons. The summed E-state index contributed by atoms with van der Waals surface area (Å²) in [6.45, 7) is 0.701. The molecule has 1 heterocycles. The van der Waals surface area contributed by atoms with Gasteiger partial charge in [-0.2, -0.15) is 0 Å². The molecular formula is C19H19N3O5. The standard InChI is InChI=1S/C19H19N3O5/c1-26-10-11-27-14-8-6-13(7-9-14)20-17(23)12-22-16-5-3-2-4-15(16)18(24)21-19(22)25/h2-9H,10-12H2,1H3,(H,20,23)(H,21,24,25). The second kappa shape index (κ2) is 8.33. The predicted octanol–water partition coefficient (Wildman–Crippen LogP) is 1.35. The zero-order chi connectivity index (χ0) is 19.2. The second-order valence-corrected chi connectivity index (χ2v) is 5.78. The summed E-state index contributed by atoms with van der Waals surface area (Å²) in [4.78, 5) is 38.6. The van der Waals surface area contributed by atoms with Crippen LogP contribution in [0.5, 0.6) is 5.75 Å². The van der Waals surface area contributed by atoms with Crippen molar-refractivity contribution in [2.24, 2.45) is 0 Å². The van der Waals surface area contributed by atoms with E-state index in [-0.39, 0.29) is 12.5 Å². The van der Waals surface area contributed by atoms with Crippen molar-refractivity contribution in [2.75, 3.05) is 25.6 Å². The Balaban J connectivity index is 1.72. The maximum atomic E-state index is 12.3. The van der Waals surface area contributed by atoms with Crippen LogP contribution in [0.4, 0.5) is 5.69 Å². The van der Waals surface area contributed by atoms with E-state index < -0.39 is 11.2 Å². The summed E-state index contributed by atoms with van der Waals surface area (Å²) in [7, 11) is 1.60. The number of fused-ring (bicyclic) bond motifs is 1. The molecule has 27 heavy (non-hydrogen) atoms. The monoisotopic (exact) mass is 369 g/mol. The Hall–Kier alpha value is -3.39. The molecule has 0 bridgehead atoms. The first-order valence-electron chi connectivity index (χ1n) is 8.32. The maximum absolute atomic E-state index is 12.3. The molecule has 0 unspecified atom stereocenters. The number of methoxy groups -OCH3 is 1. The van der Waals surface area contributed by atoms with E-state index in [1.165, 1.54) is 4.57 Å². The third kappa shape index (κ3) is 4.42. The van der Waals surface area contributed by atoms with Gasteiger partial charge in [0.25, 0.3) is 5.56 Å². The van der Waals surface area contributed by atoms with Gasteiger partial charge in [0.2, 0.25) is 5.91 Å². The Morgan fingerprint density at radius 1 is 1.07 bits per heavy atom. The smallest absolute Gasteiger partial charge is 0.329 e. The van der Waals surface area contributed by atoms with Crippen LogP contribution in [0.3, 0.4) is 0 Å². The molecule has 0 aliphatic rings. The Bertz CT molecular complexity index is 1050. The van der Waals surface area contributed by atoms with Gasteiger partial charge in [0, 0.05) is 12.8 Å². The number of aromatic amines is 1. The highest BCUT2D eigenvalue weighted by Crippen LogP contribution is 2.16. The van der Waals surface area contributed by atoms with Gasteiger partial charge < -0.3 is 14.8 Å². The third-order valence-electron chi connectivity index (χ3n) is 3.90. The van der Waals surface area contributed by atoms with Gasteiger partial charge in [0.1, 0.15) is 18.9 Å². The minimum atomic E-state index is -0.629. The van der Waals surface area contributed by atoms with Crippen molar-refractivity contribution in [1.82, 2.24) is 9.55 Å². The quantitative estimate of drug-likeness (QED) is 0.612. The average Bonchev–Trinajstić information content (AvgIpc) is 2.67. The zero-order valence-electron chi connectivity index (χ0n) is 14.7. The van der Waals surface area contributed by atoms with E-state index in [9.17, 15) is 14.4 Å². The molecule has 140 valence electrons. The van der Waals surface area contributed by atoms with E-state index >= 15 is 0 Å². The SMILES string of the molecule is COCCOc1ccc(NC(=O)Cn2c(=O)[nH]c(=O)c3ccccc32)cc1. The molecule has 1 aromatic heterocycles. The van der Waals surface area contributed by atoms with Gasteiger partial charge in [0.05, 0.1) is 17.5 Å². The van der Waals surface area contributed by atoms with Crippen LogP contribution in [0.1, 0.15) is 0 Å².